The first-order chi connectivity index (χ1) is 13.5. The van der Waals surface area contributed by atoms with Crippen molar-refractivity contribution in [3.8, 4) is 0 Å². The monoisotopic (exact) mass is 520 g/mol. The van der Waals surface area contributed by atoms with Crippen molar-refractivity contribution in [3.05, 3.63) is 65.0 Å². The molecule has 1 saturated heterocycles. The van der Waals surface area contributed by atoms with Crippen LogP contribution in [0.3, 0.4) is 0 Å². The first-order valence-corrected chi connectivity index (χ1v) is 9.06. The molecular weight excluding hydrogens is 496 g/mol. The summed E-state index contributed by atoms with van der Waals surface area (Å²) in [6.45, 7) is 1.01. The molecule has 9 heteroatoms. The molecule has 3 N–H and O–H groups in total. The zero-order valence-electron chi connectivity index (χ0n) is 16.0. The number of benzene rings is 2. The molecule has 0 aromatic heterocycles. The highest BCUT2D eigenvalue weighted by Crippen LogP contribution is 2.26. The topological polar surface area (TPSA) is 59.9 Å². The molecule has 0 bridgehead atoms. The van der Waals surface area contributed by atoms with Crippen LogP contribution in [-0.4, -0.2) is 37.2 Å². The van der Waals surface area contributed by atoms with E-state index < -0.39 is 17.5 Å². The molecule has 1 heterocycles. The van der Waals surface area contributed by atoms with Gasteiger partial charge in [-0.15, -0.1) is 24.0 Å². The number of halogens is 4. The molecule has 0 saturated carbocycles. The Balaban J connectivity index is 0.00000300. The average Bonchev–Trinajstić information content (AvgIpc) is 3.14. The SMILES string of the molecule is CN=C(NCc1ccc(F)c(CO)c1)NC1CCN(c2c(F)cccc2F)C1.I. The van der Waals surface area contributed by atoms with Crippen molar-refractivity contribution in [1.82, 2.24) is 10.6 Å². The van der Waals surface area contributed by atoms with Gasteiger partial charge in [0.2, 0.25) is 0 Å². The maximum absolute atomic E-state index is 14.0. The van der Waals surface area contributed by atoms with Gasteiger partial charge in [0, 0.05) is 38.3 Å². The Morgan fingerprint density at radius 3 is 2.55 bits per heavy atom. The van der Waals surface area contributed by atoms with E-state index in [-0.39, 0.29) is 47.9 Å². The normalized spacial score (nSPS) is 16.5. The number of aliphatic hydroxyl groups is 1. The first-order valence-electron chi connectivity index (χ1n) is 9.06. The number of aliphatic imine (C=N–C) groups is 1. The molecule has 2 aromatic rings. The Labute approximate surface area is 185 Å². The molecule has 0 spiro atoms. The van der Waals surface area contributed by atoms with Gasteiger partial charge in [0.1, 0.15) is 23.1 Å². The van der Waals surface area contributed by atoms with Gasteiger partial charge in [0.25, 0.3) is 0 Å². The van der Waals surface area contributed by atoms with Crippen LogP contribution in [0.5, 0.6) is 0 Å². The lowest BCUT2D eigenvalue weighted by molar-refractivity contribution is 0.275. The summed E-state index contributed by atoms with van der Waals surface area (Å²) in [6, 6.07) is 8.37. The van der Waals surface area contributed by atoms with E-state index in [9.17, 15) is 13.2 Å². The number of anilines is 1. The van der Waals surface area contributed by atoms with E-state index in [1.807, 2.05) is 0 Å². The molecule has 2 aromatic carbocycles. The van der Waals surface area contributed by atoms with Crippen LogP contribution in [0.4, 0.5) is 18.9 Å². The van der Waals surface area contributed by atoms with E-state index in [1.54, 1.807) is 24.1 Å². The van der Waals surface area contributed by atoms with Crippen LogP contribution in [0.1, 0.15) is 17.5 Å². The van der Waals surface area contributed by atoms with E-state index in [2.05, 4.69) is 15.6 Å². The van der Waals surface area contributed by atoms with E-state index >= 15 is 0 Å². The standard InChI is InChI=1S/C20H23F3N4O.HI/c1-24-20(25-10-13-5-6-16(21)14(9-13)12-28)26-15-7-8-27(11-15)19-17(22)3-2-4-18(19)23;/h2-6,9,15,28H,7-8,10-12H2,1H3,(H2,24,25,26);1H. The van der Waals surface area contributed by atoms with Gasteiger partial charge in [0.15, 0.2) is 5.96 Å². The fourth-order valence-electron chi connectivity index (χ4n) is 3.31. The van der Waals surface area contributed by atoms with Gasteiger partial charge in [0.05, 0.1) is 6.61 Å². The number of guanidine groups is 1. The Hall–Kier alpha value is -2.01. The van der Waals surface area contributed by atoms with Crippen LogP contribution < -0.4 is 15.5 Å². The molecular formula is C20H24F3IN4O. The Morgan fingerprint density at radius 2 is 1.90 bits per heavy atom. The minimum Gasteiger partial charge on any atom is -0.392 e. The molecule has 0 aliphatic carbocycles. The van der Waals surface area contributed by atoms with Crippen molar-refractivity contribution in [3.63, 3.8) is 0 Å². The summed E-state index contributed by atoms with van der Waals surface area (Å²) in [5.41, 5.74) is 1.04. The van der Waals surface area contributed by atoms with E-state index in [0.29, 0.717) is 32.0 Å². The predicted molar refractivity (Wildman–Crippen MR) is 118 cm³/mol. The van der Waals surface area contributed by atoms with Gasteiger partial charge in [-0.1, -0.05) is 12.1 Å². The van der Waals surface area contributed by atoms with Crippen molar-refractivity contribution in [1.29, 1.82) is 0 Å². The zero-order valence-corrected chi connectivity index (χ0v) is 18.3. The van der Waals surface area contributed by atoms with Gasteiger partial charge in [-0.2, -0.15) is 0 Å². The summed E-state index contributed by atoms with van der Waals surface area (Å²) in [4.78, 5) is 5.85. The van der Waals surface area contributed by atoms with Crippen LogP contribution in [0.15, 0.2) is 41.4 Å². The lowest BCUT2D eigenvalue weighted by Gasteiger charge is -2.21. The van der Waals surface area contributed by atoms with E-state index in [4.69, 9.17) is 5.11 Å². The van der Waals surface area contributed by atoms with Crippen LogP contribution >= 0.6 is 24.0 Å². The van der Waals surface area contributed by atoms with Crippen LogP contribution in [0.2, 0.25) is 0 Å². The highest BCUT2D eigenvalue weighted by Gasteiger charge is 2.27. The molecule has 29 heavy (non-hydrogen) atoms. The number of nitrogens with one attached hydrogen (secondary N) is 2. The zero-order chi connectivity index (χ0) is 20.1. The average molecular weight is 520 g/mol. The summed E-state index contributed by atoms with van der Waals surface area (Å²) in [5.74, 6) is -1.05. The second-order valence-corrected chi connectivity index (χ2v) is 6.66. The minimum absolute atomic E-state index is 0. The van der Waals surface area contributed by atoms with Crippen molar-refractivity contribution < 1.29 is 18.3 Å². The van der Waals surface area contributed by atoms with Crippen molar-refractivity contribution in [2.45, 2.75) is 25.6 Å². The summed E-state index contributed by atoms with van der Waals surface area (Å²) >= 11 is 0. The number of rotatable bonds is 5. The summed E-state index contributed by atoms with van der Waals surface area (Å²) in [5, 5.41) is 15.5. The number of hydrogen-bond donors (Lipinski definition) is 3. The molecule has 1 fully saturated rings. The minimum atomic E-state index is -0.570. The van der Waals surface area contributed by atoms with E-state index in [1.165, 1.54) is 24.3 Å². The number of nitrogens with zero attached hydrogens (tertiary/aromatic N) is 2. The molecule has 1 atom stereocenters. The molecule has 5 nitrogen and oxygen atoms in total. The third kappa shape index (κ3) is 5.75. The van der Waals surface area contributed by atoms with Gasteiger partial charge in [-0.25, -0.2) is 13.2 Å². The van der Waals surface area contributed by atoms with Gasteiger partial charge in [-0.3, -0.25) is 4.99 Å². The molecule has 0 amide bonds. The Kier molecular flexibility index (Phi) is 8.57. The predicted octanol–water partition coefficient (Wildman–Crippen LogP) is 3.16. The number of hydrogen-bond acceptors (Lipinski definition) is 3. The molecule has 1 aliphatic rings. The summed E-state index contributed by atoms with van der Waals surface area (Å²) in [6.07, 6.45) is 0.708. The summed E-state index contributed by atoms with van der Waals surface area (Å²) in [7, 11) is 1.63. The Bertz CT molecular complexity index is 845. The molecule has 0 radical (unpaired) electrons. The van der Waals surface area contributed by atoms with Crippen LogP contribution in [-0.2, 0) is 13.2 Å². The molecule has 1 unspecified atom stereocenters. The lowest BCUT2D eigenvalue weighted by atomic mass is 10.1. The third-order valence-electron chi connectivity index (χ3n) is 4.75. The number of aliphatic hydroxyl groups excluding tert-OH is 1. The van der Waals surface area contributed by atoms with E-state index in [0.717, 1.165) is 5.56 Å². The largest absolute Gasteiger partial charge is 0.392 e. The van der Waals surface area contributed by atoms with Crippen molar-refractivity contribution >= 4 is 35.6 Å². The second-order valence-electron chi connectivity index (χ2n) is 6.66. The van der Waals surface area contributed by atoms with Gasteiger partial charge in [-0.05, 0) is 36.2 Å². The summed E-state index contributed by atoms with van der Waals surface area (Å²) < 4.78 is 41.4. The maximum atomic E-state index is 14.0. The molecule has 1 aliphatic heterocycles. The second kappa shape index (κ2) is 10.7. The third-order valence-corrected chi connectivity index (χ3v) is 4.75. The van der Waals surface area contributed by atoms with Crippen molar-refractivity contribution in [2.24, 2.45) is 4.99 Å². The molecule has 3 rings (SSSR count). The van der Waals surface area contributed by atoms with Crippen LogP contribution in [0, 0.1) is 17.5 Å². The first kappa shape index (κ1) is 23.3. The molecule has 158 valence electrons. The van der Waals surface area contributed by atoms with Crippen LogP contribution in [0.25, 0.3) is 0 Å². The quantitative estimate of drug-likeness (QED) is 0.322. The number of para-hydroxylation sites is 1. The maximum Gasteiger partial charge on any atom is 0.191 e. The highest BCUT2D eigenvalue weighted by molar-refractivity contribution is 14.0. The Morgan fingerprint density at radius 1 is 1.17 bits per heavy atom. The fourth-order valence-corrected chi connectivity index (χ4v) is 3.31. The van der Waals surface area contributed by atoms with Gasteiger partial charge < -0.3 is 20.6 Å². The fraction of sp³-hybridized carbons (Fsp3) is 0.350. The lowest BCUT2D eigenvalue weighted by Crippen LogP contribution is -2.44. The highest BCUT2D eigenvalue weighted by atomic mass is 127. The van der Waals surface area contributed by atoms with Gasteiger partial charge >= 0.3 is 0 Å². The smallest absolute Gasteiger partial charge is 0.191 e. The van der Waals surface area contributed by atoms with Crippen molar-refractivity contribution in [2.75, 3.05) is 25.0 Å².